The van der Waals surface area contributed by atoms with E-state index in [2.05, 4.69) is 240 Å². The summed E-state index contributed by atoms with van der Waals surface area (Å²) >= 11 is 0. The summed E-state index contributed by atoms with van der Waals surface area (Å²) < 4.78 is 9.52. The van der Waals surface area contributed by atoms with Gasteiger partial charge < -0.3 is 13.9 Å². The average Bonchev–Trinajstić information content (AvgIpc) is 3.90. The van der Waals surface area contributed by atoms with Crippen molar-refractivity contribution in [1.29, 1.82) is 0 Å². The minimum absolute atomic E-state index is 0.850. The second-order valence-corrected chi connectivity index (χ2v) is 15.7. The van der Waals surface area contributed by atoms with E-state index in [0.717, 1.165) is 61.4 Å². The number of furan rings is 1. The lowest BCUT2D eigenvalue weighted by Gasteiger charge is -2.26. The van der Waals surface area contributed by atoms with E-state index >= 15 is 0 Å². The van der Waals surface area contributed by atoms with Crippen LogP contribution in [0.3, 0.4) is 0 Å². The van der Waals surface area contributed by atoms with Gasteiger partial charge in [-0.3, -0.25) is 0 Å². The molecule has 0 atom stereocenters. The molecular formula is C58H38N2O. The third-order valence-electron chi connectivity index (χ3n) is 12.2. The molecule has 2 aromatic heterocycles. The zero-order valence-corrected chi connectivity index (χ0v) is 33.2. The molecule has 3 nitrogen and oxygen atoms in total. The van der Waals surface area contributed by atoms with Gasteiger partial charge in [0.15, 0.2) is 5.58 Å². The molecule has 0 aliphatic carbocycles. The maximum absolute atomic E-state index is 7.15. The summed E-state index contributed by atoms with van der Waals surface area (Å²) in [6, 6.07) is 82.6. The molecule has 0 fully saturated rings. The van der Waals surface area contributed by atoms with Gasteiger partial charge >= 0.3 is 0 Å². The van der Waals surface area contributed by atoms with Crippen LogP contribution in [0.1, 0.15) is 0 Å². The van der Waals surface area contributed by atoms with Gasteiger partial charge in [0.2, 0.25) is 0 Å². The Morgan fingerprint density at radius 3 is 1.61 bits per heavy atom. The van der Waals surface area contributed by atoms with Crippen LogP contribution in [0, 0.1) is 0 Å². The monoisotopic (exact) mass is 778 g/mol. The maximum Gasteiger partial charge on any atom is 0.159 e. The van der Waals surface area contributed by atoms with E-state index in [0.29, 0.717) is 0 Å². The summed E-state index contributed by atoms with van der Waals surface area (Å²) in [6.07, 6.45) is 0. The highest BCUT2D eigenvalue weighted by molar-refractivity contribution is 6.24. The molecule has 0 saturated heterocycles. The van der Waals surface area contributed by atoms with Crippen molar-refractivity contribution in [3.8, 4) is 39.1 Å². The Labute approximate surface area is 353 Å². The van der Waals surface area contributed by atoms with Gasteiger partial charge in [-0.2, -0.15) is 0 Å². The largest absolute Gasteiger partial charge is 0.453 e. The predicted octanol–water partition coefficient (Wildman–Crippen LogP) is 16.3. The Morgan fingerprint density at radius 2 is 0.885 bits per heavy atom. The van der Waals surface area contributed by atoms with E-state index in [1.54, 1.807) is 0 Å². The number of nitrogens with zero attached hydrogens (tertiary/aromatic N) is 2. The van der Waals surface area contributed by atoms with Crippen molar-refractivity contribution in [2.45, 2.75) is 0 Å². The zero-order valence-electron chi connectivity index (χ0n) is 33.2. The van der Waals surface area contributed by atoms with Crippen molar-refractivity contribution >= 4 is 71.6 Å². The standard InChI is InChI=1S/C58H38N2O/c1-4-15-39(16-5-1)40-27-32-46(33-28-40)59(55-26-14-24-50-56-48-22-11-10-19-44(48)38-51(58(56)61-57(50)55)42-17-6-2-7-18-42)47-34-29-41(30-35-47)43-31-36-54-52(37-43)49-23-12-13-25-53(49)60(54)45-20-8-3-9-21-45/h1-38H. The first-order chi connectivity index (χ1) is 30.3. The van der Waals surface area contributed by atoms with Gasteiger partial charge in [-0.25, -0.2) is 0 Å². The average molecular weight is 779 g/mol. The molecule has 286 valence electrons. The Bertz CT molecular complexity index is 3550. The van der Waals surface area contributed by atoms with Crippen LogP contribution < -0.4 is 4.90 Å². The van der Waals surface area contributed by atoms with E-state index in [9.17, 15) is 0 Å². The molecule has 0 N–H and O–H groups in total. The number of rotatable bonds is 7. The molecule has 0 aliphatic rings. The molecule has 10 aromatic carbocycles. The minimum atomic E-state index is 0.850. The van der Waals surface area contributed by atoms with E-state index < -0.39 is 0 Å². The molecule has 12 aromatic rings. The molecule has 61 heavy (non-hydrogen) atoms. The van der Waals surface area contributed by atoms with E-state index in [4.69, 9.17) is 4.42 Å². The van der Waals surface area contributed by atoms with Crippen LogP contribution in [0.5, 0.6) is 0 Å². The lowest BCUT2D eigenvalue weighted by atomic mass is 9.96. The Hall–Kier alpha value is -8.14. The van der Waals surface area contributed by atoms with Crippen LogP contribution in [0.4, 0.5) is 17.1 Å². The number of anilines is 3. The summed E-state index contributed by atoms with van der Waals surface area (Å²) in [6.45, 7) is 0. The van der Waals surface area contributed by atoms with Gasteiger partial charge in [-0.1, -0.05) is 164 Å². The number of aromatic nitrogens is 1. The van der Waals surface area contributed by atoms with Crippen LogP contribution >= 0.6 is 0 Å². The number of benzene rings is 10. The van der Waals surface area contributed by atoms with Gasteiger partial charge in [0.1, 0.15) is 5.58 Å². The van der Waals surface area contributed by atoms with Gasteiger partial charge in [-0.15, -0.1) is 0 Å². The molecule has 2 heterocycles. The van der Waals surface area contributed by atoms with Crippen molar-refractivity contribution in [2.24, 2.45) is 0 Å². The van der Waals surface area contributed by atoms with Crippen molar-refractivity contribution in [2.75, 3.05) is 4.90 Å². The summed E-state index contributed by atoms with van der Waals surface area (Å²) in [5.41, 5.74) is 15.3. The number of para-hydroxylation sites is 3. The fourth-order valence-electron chi connectivity index (χ4n) is 9.31. The number of hydrogen-bond donors (Lipinski definition) is 0. The molecule has 0 bridgehead atoms. The maximum atomic E-state index is 7.15. The molecule has 0 aliphatic heterocycles. The lowest BCUT2D eigenvalue weighted by Crippen LogP contribution is -2.10. The van der Waals surface area contributed by atoms with Crippen molar-refractivity contribution < 1.29 is 4.42 Å². The predicted molar refractivity (Wildman–Crippen MR) is 257 cm³/mol. The van der Waals surface area contributed by atoms with E-state index in [1.165, 1.54) is 49.3 Å². The zero-order chi connectivity index (χ0) is 40.3. The van der Waals surface area contributed by atoms with E-state index in [-0.39, 0.29) is 0 Å². The van der Waals surface area contributed by atoms with Crippen molar-refractivity contribution in [1.82, 2.24) is 4.57 Å². The first-order valence-corrected chi connectivity index (χ1v) is 20.8. The molecule has 3 heteroatoms. The quantitative estimate of drug-likeness (QED) is 0.161. The Balaban J connectivity index is 1.03. The van der Waals surface area contributed by atoms with Crippen molar-refractivity contribution in [3.63, 3.8) is 0 Å². The molecule has 12 rings (SSSR count). The summed E-state index contributed by atoms with van der Waals surface area (Å²) in [7, 11) is 0. The smallest absolute Gasteiger partial charge is 0.159 e. The number of hydrogen-bond acceptors (Lipinski definition) is 2. The third kappa shape index (κ3) is 5.82. The van der Waals surface area contributed by atoms with Crippen molar-refractivity contribution in [3.05, 3.63) is 231 Å². The van der Waals surface area contributed by atoms with E-state index in [1.807, 2.05) is 0 Å². The van der Waals surface area contributed by atoms with Crippen LogP contribution in [0.2, 0.25) is 0 Å². The fraction of sp³-hybridized carbons (Fsp3) is 0. The van der Waals surface area contributed by atoms with Crippen LogP contribution in [0.15, 0.2) is 235 Å². The molecule has 0 amide bonds. The topological polar surface area (TPSA) is 21.3 Å². The van der Waals surface area contributed by atoms with Crippen LogP contribution in [-0.4, -0.2) is 4.57 Å². The molecule has 0 saturated carbocycles. The van der Waals surface area contributed by atoms with Gasteiger partial charge in [0, 0.05) is 44.2 Å². The third-order valence-corrected chi connectivity index (χ3v) is 12.2. The summed E-state index contributed by atoms with van der Waals surface area (Å²) in [5, 5.41) is 7.07. The SMILES string of the molecule is c1ccc(-c2ccc(N(c3ccc(-c4ccc5c(c4)c4ccccc4n5-c4ccccc4)cc3)c3cccc4c3oc3c(-c5ccccc5)cc5ccccc5c34)cc2)cc1. The highest BCUT2D eigenvalue weighted by Gasteiger charge is 2.23. The van der Waals surface area contributed by atoms with Crippen LogP contribution in [0.25, 0.3) is 93.6 Å². The van der Waals surface area contributed by atoms with Gasteiger partial charge in [-0.05, 0) is 105 Å². The molecule has 0 spiro atoms. The Kier molecular flexibility index (Phi) is 8.17. The number of fused-ring (bicyclic) bond motifs is 8. The first-order valence-electron chi connectivity index (χ1n) is 20.8. The minimum Gasteiger partial charge on any atom is -0.453 e. The van der Waals surface area contributed by atoms with Gasteiger partial charge in [0.05, 0.1) is 16.7 Å². The summed E-state index contributed by atoms with van der Waals surface area (Å²) in [5.74, 6) is 0. The summed E-state index contributed by atoms with van der Waals surface area (Å²) in [4.78, 5) is 2.34. The molecule has 0 unspecified atom stereocenters. The molecular weight excluding hydrogens is 741 g/mol. The van der Waals surface area contributed by atoms with Crippen LogP contribution in [-0.2, 0) is 0 Å². The highest BCUT2D eigenvalue weighted by Crippen LogP contribution is 2.47. The van der Waals surface area contributed by atoms with Gasteiger partial charge in [0.25, 0.3) is 0 Å². The highest BCUT2D eigenvalue weighted by atomic mass is 16.3. The fourth-order valence-corrected chi connectivity index (χ4v) is 9.31. The second-order valence-electron chi connectivity index (χ2n) is 15.7. The Morgan fingerprint density at radius 1 is 0.344 bits per heavy atom. The molecule has 0 radical (unpaired) electrons. The normalized spacial score (nSPS) is 11.6. The second kappa shape index (κ2) is 14.3. The lowest BCUT2D eigenvalue weighted by molar-refractivity contribution is 0.670. The first kappa shape index (κ1) is 34.9.